The van der Waals surface area contributed by atoms with Gasteiger partial charge in [0.25, 0.3) is 5.56 Å². The molecule has 9 heteroatoms. The molecule has 7 nitrogen and oxygen atoms in total. The molecular formula is C22H22FN5O2S. The summed E-state index contributed by atoms with van der Waals surface area (Å²) < 4.78 is 16.6. The van der Waals surface area contributed by atoms with Crippen molar-refractivity contribution in [2.75, 3.05) is 0 Å². The number of nitrogens with zero attached hydrogens (tertiary/aromatic N) is 5. The van der Waals surface area contributed by atoms with Crippen molar-refractivity contribution in [2.45, 2.75) is 37.0 Å². The van der Waals surface area contributed by atoms with Crippen molar-refractivity contribution in [3.63, 3.8) is 0 Å². The normalized spacial score (nSPS) is 12.1. The average molecular weight is 440 g/mol. The van der Waals surface area contributed by atoms with Crippen LogP contribution in [-0.2, 0) is 25.3 Å². The molecule has 0 atom stereocenters. The first-order chi connectivity index (χ1) is 14.6. The van der Waals surface area contributed by atoms with Crippen LogP contribution in [0.1, 0.15) is 32.2 Å². The predicted octanol–water partition coefficient (Wildman–Crippen LogP) is 3.30. The second-order valence-electron chi connectivity index (χ2n) is 8.44. The highest BCUT2D eigenvalue weighted by Gasteiger charge is 2.23. The zero-order valence-corrected chi connectivity index (χ0v) is 18.7. The first-order valence-corrected chi connectivity index (χ1v) is 10.7. The van der Waals surface area contributed by atoms with Crippen LogP contribution in [0.3, 0.4) is 0 Å². The third kappa shape index (κ3) is 3.74. The van der Waals surface area contributed by atoms with Gasteiger partial charge < -0.3 is 0 Å². The van der Waals surface area contributed by atoms with Crippen LogP contribution in [0.4, 0.5) is 4.39 Å². The minimum atomic E-state index is -0.455. The highest BCUT2D eigenvalue weighted by atomic mass is 32.2. The summed E-state index contributed by atoms with van der Waals surface area (Å²) >= 11 is 1.31. The van der Waals surface area contributed by atoms with Gasteiger partial charge in [0.1, 0.15) is 22.1 Å². The van der Waals surface area contributed by atoms with Crippen molar-refractivity contribution in [1.29, 1.82) is 0 Å². The number of pyridine rings is 1. The van der Waals surface area contributed by atoms with Crippen LogP contribution in [0.15, 0.2) is 45.1 Å². The SMILES string of the molecule is Cn1c(=O)c2c(SCc3cc(F)cc4cccnc34)nc(C(C)(C)C)nc2n(C)c1=O. The molecule has 0 N–H and O–H groups in total. The molecule has 3 heterocycles. The smallest absolute Gasteiger partial charge is 0.280 e. The molecule has 4 rings (SSSR count). The van der Waals surface area contributed by atoms with Gasteiger partial charge in [0.15, 0.2) is 5.65 Å². The maximum atomic E-state index is 14.2. The van der Waals surface area contributed by atoms with Crippen molar-refractivity contribution in [3.8, 4) is 0 Å². The van der Waals surface area contributed by atoms with E-state index in [1.165, 1.54) is 35.5 Å². The Balaban J connectivity index is 1.92. The Labute approximate surface area is 182 Å². The third-order valence-corrected chi connectivity index (χ3v) is 6.07. The number of aromatic nitrogens is 5. The van der Waals surface area contributed by atoms with Crippen molar-refractivity contribution < 1.29 is 4.39 Å². The van der Waals surface area contributed by atoms with Gasteiger partial charge in [0.05, 0.1) is 5.52 Å². The molecule has 0 saturated carbocycles. The molecule has 0 saturated heterocycles. The first-order valence-electron chi connectivity index (χ1n) is 9.72. The van der Waals surface area contributed by atoms with Crippen molar-refractivity contribution in [2.24, 2.45) is 14.1 Å². The molecule has 1 aromatic carbocycles. The molecule has 0 amide bonds. The van der Waals surface area contributed by atoms with Crippen LogP contribution in [0.2, 0.25) is 0 Å². The molecule has 0 bridgehead atoms. The molecule has 4 aromatic rings. The van der Waals surface area contributed by atoms with E-state index in [4.69, 9.17) is 0 Å². The fraction of sp³-hybridized carbons (Fsp3) is 0.318. The molecule has 0 spiro atoms. The maximum absolute atomic E-state index is 14.2. The number of fused-ring (bicyclic) bond motifs is 2. The van der Waals surface area contributed by atoms with E-state index in [-0.39, 0.29) is 16.9 Å². The Hall–Kier alpha value is -3.07. The Morgan fingerprint density at radius 3 is 2.55 bits per heavy atom. The second-order valence-corrected chi connectivity index (χ2v) is 9.40. The van der Waals surface area contributed by atoms with Gasteiger partial charge in [0, 0.05) is 36.8 Å². The Bertz CT molecular complexity index is 1450. The van der Waals surface area contributed by atoms with E-state index >= 15 is 0 Å². The molecule has 0 aliphatic heterocycles. The summed E-state index contributed by atoms with van der Waals surface area (Å²) in [5.41, 5.74) is 0.388. The minimum absolute atomic E-state index is 0.274. The standard InChI is InChI=1S/C22H22FN5O2S/c1-22(2,3)20-25-17-15(19(29)28(5)21(30)27(17)4)18(26-20)31-11-13-10-14(23)9-12-7-6-8-24-16(12)13/h6-10H,11H2,1-5H3. The van der Waals surface area contributed by atoms with Crippen molar-refractivity contribution >= 4 is 33.7 Å². The van der Waals surface area contributed by atoms with E-state index in [1.54, 1.807) is 19.3 Å². The maximum Gasteiger partial charge on any atom is 0.332 e. The number of hydrogen-bond acceptors (Lipinski definition) is 6. The Kier molecular flexibility index (Phi) is 5.17. The van der Waals surface area contributed by atoms with Gasteiger partial charge in [-0.05, 0) is 23.8 Å². The number of thioether (sulfide) groups is 1. The minimum Gasteiger partial charge on any atom is -0.280 e. The molecule has 31 heavy (non-hydrogen) atoms. The lowest BCUT2D eigenvalue weighted by atomic mass is 9.96. The van der Waals surface area contributed by atoms with E-state index in [0.29, 0.717) is 33.1 Å². The number of benzene rings is 1. The topological polar surface area (TPSA) is 82.7 Å². The summed E-state index contributed by atoms with van der Waals surface area (Å²) in [5.74, 6) is 0.526. The molecule has 0 radical (unpaired) electrons. The number of rotatable bonds is 3. The van der Waals surface area contributed by atoms with Crippen LogP contribution in [0.25, 0.3) is 21.9 Å². The van der Waals surface area contributed by atoms with Crippen molar-refractivity contribution in [3.05, 3.63) is 68.5 Å². The number of hydrogen-bond donors (Lipinski definition) is 0. The highest BCUT2D eigenvalue weighted by Crippen LogP contribution is 2.31. The van der Waals surface area contributed by atoms with Gasteiger partial charge in [-0.15, -0.1) is 11.8 Å². The van der Waals surface area contributed by atoms with Gasteiger partial charge in [-0.3, -0.25) is 18.9 Å². The summed E-state index contributed by atoms with van der Waals surface area (Å²) in [6, 6.07) is 6.46. The van der Waals surface area contributed by atoms with E-state index in [9.17, 15) is 14.0 Å². The lowest BCUT2D eigenvalue weighted by Gasteiger charge is -2.19. The van der Waals surface area contributed by atoms with Crippen LogP contribution >= 0.6 is 11.8 Å². The fourth-order valence-corrected chi connectivity index (χ4v) is 4.34. The molecule has 160 valence electrons. The van der Waals surface area contributed by atoms with Gasteiger partial charge in [-0.25, -0.2) is 19.2 Å². The third-order valence-electron chi connectivity index (χ3n) is 5.05. The van der Waals surface area contributed by atoms with E-state index in [0.717, 1.165) is 4.57 Å². The van der Waals surface area contributed by atoms with Gasteiger partial charge in [-0.1, -0.05) is 26.8 Å². The summed E-state index contributed by atoms with van der Waals surface area (Å²) in [7, 11) is 3.02. The Morgan fingerprint density at radius 1 is 1.10 bits per heavy atom. The van der Waals surface area contributed by atoms with Gasteiger partial charge in [-0.2, -0.15) is 0 Å². The Morgan fingerprint density at radius 2 is 1.84 bits per heavy atom. The summed E-state index contributed by atoms with van der Waals surface area (Å²) in [6.07, 6.45) is 1.66. The van der Waals surface area contributed by atoms with Gasteiger partial charge in [0.2, 0.25) is 0 Å². The van der Waals surface area contributed by atoms with Crippen LogP contribution in [-0.4, -0.2) is 24.1 Å². The van der Waals surface area contributed by atoms with E-state index in [2.05, 4.69) is 15.0 Å². The quantitative estimate of drug-likeness (QED) is 0.360. The predicted molar refractivity (Wildman–Crippen MR) is 120 cm³/mol. The molecular weight excluding hydrogens is 417 g/mol. The average Bonchev–Trinajstić information content (AvgIpc) is 2.73. The summed E-state index contributed by atoms with van der Waals surface area (Å²) in [4.78, 5) is 39.0. The van der Waals surface area contributed by atoms with Gasteiger partial charge >= 0.3 is 5.69 Å². The zero-order valence-electron chi connectivity index (χ0n) is 17.9. The molecule has 3 aromatic heterocycles. The summed E-state index contributed by atoms with van der Waals surface area (Å²) in [6.45, 7) is 5.89. The number of halogens is 1. The molecule has 0 unspecified atom stereocenters. The zero-order chi connectivity index (χ0) is 22.5. The fourth-order valence-electron chi connectivity index (χ4n) is 3.35. The largest absolute Gasteiger partial charge is 0.332 e. The van der Waals surface area contributed by atoms with Crippen LogP contribution in [0.5, 0.6) is 0 Å². The lowest BCUT2D eigenvalue weighted by Crippen LogP contribution is -2.38. The second kappa shape index (κ2) is 7.56. The van der Waals surface area contributed by atoms with Crippen molar-refractivity contribution in [1.82, 2.24) is 24.1 Å². The van der Waals surface area contributed by atoms with E-state index < -0.39 is 16.7 Å². The van der Waals surface area contributed by atoms with Crippen LogP contribution in [0, 0.1) is 5.82 Å². The first kappa shape index (κ1) is 21.2. The molecule has 0 fully saturated rings. The molecule has 0 aliphatic carbocycles. The van der Waals surface area contributed by atoms with Crippen LogP contribution < -0.4 is 11.2 Å². The number of aryl methyl sites for hydroxylation is 1. The monoisotopic (exact) mass is 439 g/mol. The lowest BCUT2D eigenvalue weighted by molar-refractivity contribution is 0.539. The summed E-state index contributed by atoms with van der Waals surface area (Å²) in [5, 5.41) is 1.44. The highest BCUT2D eigenvalue weighted by molar-refractivity contribution is 7.98. The molecule has 0 aliphatic rings. The van der Waals surface area contributed by atoms with E-state index in [1.807, 2.05) is 26.8 Å².